The molecule has 2 aromatic rings. The lowest BCUT2D eigenvalue weighted by atomic mass is 10.2. The molecule has 90 valence electrons. The number of nitrogens with zero attached hydrogens (tertiary/aromatic N) is 3. The van der Waals surface area contributed by atoms with Gasteiger partial charge < -0.3 is 4.90 Å². The van der Waals surface area contributed by atoms with Crippen LogP contribution in [0.2, 0.25) is 0 Å². The summed E-state index contributed by atoms with van der Waals surface area (Å²) in [6.45, 7) is 5.39. The van der Waals surface area contributed by atoms with Crippen LogP contribution in [0.3, 0.4) is 0 Å². The van der Waals surface area contributed by atoms with E-state index in [1.54, 1.807) is 17.7 Å². The molecule has 1 unspecified atom stereocenters. The van der Waals surface area contributed by atoms with Gasteiger partial charge in [0.05, 0.1) is 11.9 Å². The van der Waals surface area contributed by atoms with Crippen LogP contribution in [0.4, 0.5) is 10.2 Å². The molecule has 3 heterocycles. The Balaban J connectivity index is 2.16. The van der Waals surface area contributed by atoms with Gasteiger partial charge in [0, 0.05) is 11.4 Å². The zero-order chi connectivity index (χ0) is 12.0. The van der Waals surface area contributed by atoms with Crippen molar-refractivity contribution >= 4 is 27.4 Å². The number of aryl methyl sites for hydroxylation is 2. The Hall–Kier alpha value is -1.23. The quantitative estimate of drug-likeness (QED) is 0.780. The van der Waals surface area contributed by atoms with Crippen molar-refractivity contribution in [2.75, 3.05) is 18.0 Å². The predicted octanol–water partition coefficient (Wildman–Crippen LogP) is 2.86. The zero-order valence-corrected chi connectivity index (χ0v) is 10.7. The predicted molar refractivity (Wildman–Crippen MR) is 68.6 cm³/mol. The first-order valence-corrected chi connectivity index (χ1v) is 6.58. The number of hydrogen-bond acceptors (Lipinski definition) is 4. The third kappa shape index (κ3) is 1.69. The molecular weight excluding hydrogens is 237 g/mol. The fraction of sp³-hybridized carbons (Fsp3) is 0.500. The number of hydrogen-bond donors (Lipinski definition) is 0. The normalized spacial score (nSPS) is 20.4. The van der Waals surface area contributed by atoms with Gasteiger partial charge in [-0.1, -0.05) is 0 Å². The van der Waals surface area contributed by atoms with Crippen LogP contribution < -0.4 is 4.90 Å². The van der Waals surface area contributed by atoms with Gasteiger partial charge in [0.2, 0.25) is 0 Å². The SMILES string of the molecule is Cc1sc2ncnc(N3CCC(F)C3)c2c1C. The number of fused-ring (bicyclic) bond motifs is 1. The van der Waals surface area contributed by atoms with Crippen molar-refractivity contribution in [2.24, 2.45) is 0 Å². The molecule has 0 amide bonds. The van der Waals surface area contributed by atoms with Gasteiger partial charge in [-0.05, 0) is 25.8 Å². The van der Waals surface area contributed by atoms with Crippen LogP contribution in [0.1, 0.15) is 16.9 Å². The van der Waals surface area contributed by atoms with E-state index < -0.39 is 6.17 Å². The molecule has 3 nitrogen and oxygen atoms in total. The van der Waals surface area contributed by atoms with E-state index in [2.05, 4.69) is 23.8 Å². The van der Waals surface area contributed by atoms with E-state index >= 15 is 0 Å². The van der Waals surface area contributed by atoms with Crippen LogP contribution >= 0.6 is 11.3 Å². The van der Waals surface area contributed by atoms with E-state index in [9.17, 15) is 4.39 Å². The van der Waals surface area contributed by atoms with Crippen LogP contribution in [0.5, 0.6) is 0 Å². The highest BCUT2D eigenvalue weighted by Crippen LogP contribution is 2.35. The average molecular weight is 251 g/mol. The number of alkyl halides is 1. The van der Waals surface area contributed by atoms with Gasteiger partial charge >= 0.3 is 0 Å². The molecule has 1 aliphatic rings. The van der Waals surface area contributed by atoms with Crippen molar-refractivity contribution in [3.8, 4) is 0 Å². The summed E-state index contributed by atoms with van der Waals surface area (Å²) >= 11 is 1.68. The molecule has 0 saturated carbocycles. The molecule has 0 N–H and O–H groups in total. The number of anilines is 1. The third-order valence-electron chi connectivity index (χ3n) is 3.38. The van der Waals surface area contributed by atoms with Gasteiger partial charge in [0.25, 0.3) is 0 Å². The molecule has 5 heteroatoms. The Kier molecular flexibility index (Phi) is 2.50. The molecule has 3 rings (SSSR count). The third-order valence-corrected chi connectivity index (χ3v) is 4.49. The smallest absolute Gasteiger partial charge is 0.141 e. The number of aromatic nitrogens is 2. The van der Waals surface area contributed by atoms with Crippen molar-refractivity contribution < 1.29 is 4.39 Å². The summed E-state index contributed by atoms with van der Waals surface area (Å²) in [5, 5.41) is 1.10. The molecule has 1 saturated heterocycles. The van der Waals surface area contributed by atoms with Crippen LogP contribution in [-0.2, 0) is 0 Å². The molecule has 1 atom stereocenters. The van der Waals surface area contributed by atoms with E-state index in [1.807, 2.05) is 4.90 Å². The summed E-state index contributed by atoms with van der Waals surface area (Å²) in [6, 6.07) is 0. The highest BCUT2D eigenvalue weighted by Gasteiger charge is 2.25. The van der Waals surface area contributed by atoms with Crippen molar-refractivity contribution in [1.29, 1.82) is 0 Å². The van der Waals surface area contributed by atoms with Crippen LogP contribution in [0, 0.1) is 13.8 Å². The molecule has 0 spiro atoms. The lowest BCUT2D eigenvalue weighted by molar-refractivity contribution is 0.364. The summed E-state index contributed by atoms with van der Waals surface area (Å²) < 4.78 is 13.3. The Morgan fingerprint density at radius 2 is 2.24 bits per heavy atom. The van der Waals surface area contributed by atoms with Crippen molar-refractivity contribution in [1.82, 2.24) is 9.97 Å². The lowest BCUT2D eigenvalue weighted by Crippen LogP contribution is -2.21. The maximum atomic E-state index is 13.3. The molecule has 2 aromatic heterocycles. The standard InChI is InChI=1S/C12H14FN3S/c1-7-8(2)17-12-10(7)11(14-6-15-12)16-4-3-9(13)5-16/h6,9H,3-5H2,1-2H3. The van der Waals surface area contributed by atoms with E-state index in [4.69, 9.17) is 0 Å². The second-order valence-corrected chi connectivity index (χ2v) is 5.70. The highest BCUT2D eigenvalue weighted by atomic mass is 32.1. The first-order valence-electron chi connectivity index (χ1n) is 5.76. The van der Waals surface area contributed by atoms with Crippen LogP contribution in [-0.4, -0.2) is 29.2 Å². The first-order chi connectivity index (χ1) is 8.16. The number of rotatable bonds is 1. The Labute approximate surface area is 103 Å². The van der Waals surface area contributed by atoms with Gasteiger partial charge in [-0.3, -0.25) is 0 Å². The lowest BCUT2D eigenvalue weighted by Gasteiger charge is -2.17. The van der Waals surface area contributed by atoms with Crippen molar-refractivity contribution in [3.05, 3.63) is 16.8 Å². The largest absolute Gasteiger partial charge is 0.353 e. The minimum absolute atomic E-state index is 0.459. The summed E-state index contributed by atoms with van der Waals surface area (Å²) in [7, 11) is 0. The monoisotopic (exact) mass is 251 g/mol. The molecule has 0 aromatic carbocycles. The molecule has 1 fully saturated rings. The van der Waals surface area contributed by atoms with E-state index in [-0.39, 0.29) is 0 Å². The van der Waals surface area contributed by atoms with Gasteiger partial charge in [-0.2, -0.15) is 0 Å². The highest BCUT2D eigenvalue weighted by molar-refractivity contribution is 7.18. The molecule has 0 radical (unpaired) electrons. The van der Waals surface area contributed by atoms with E-state index in [1.165, 1.54) is 10.4 Å². The maximum Gasteiger partial charge on any atom is 0.141 e. The Bertz CT molecular complexity index is 566. The van der Waals surface area contributed by atoms with Gasteiger partial charge in [-0.25, -0.2) is 14.4 Å². The van der Waals surface area contributed by atoms with Crippen LogP contribution in [0.25, 0.3) is 10.2 Å². The van der Waals surface area contributed by atoms with Crippen molar-refractivity contribution in [3.63, 3.8) is 0 Å². The van der Waals surface area contributed by atoms with E-state index in [0.29, 0.717) is 13.0 Å². The Morgan fingerprint density at radius 3 is 2.94 bits per heavy atom. The number of thiophene rings is 1. The fourth-order valence-corrected chi connectivity index (χ4v) is 3.31. The minimum Gasteiger partial charge on any atom is -0.353 e. The molecule has 0 bridgehead atoms. The van der Waals surface area contributed by atoms with Gasteiger partial charge in [-0.15, -0.1) is 11.3 Å². The topological polar surface area (TPSA) is 29.0 Å². The van der Waals surface area contributed by atoms with Gasteiger partial charge in [0.15, 0.2) is 0 Å². The molecular formula is C12H14FN3S. The van der Waals surface area contributed by atoms with Gasteiger partial charge in [0.1, 0.15) is 23.1 Å². The fourth-order valence-electron chi connectivity index (χ4n) is 2.31. The molecule has 1 aliphatic heterocycles. The second kappa shape index (κ2) is 3.91. The Morgan fingerprint density at radius 1 is 1.41 bits per heavy atom. The van der Waals surface area contributed by atoms with Crippen molar-refractivity contribution in [2.45, 2.75) is 26.4 Å². The average Bonchev–Trinajstić information content (AvgIpc) is 2.85. The minimum atomic E-state index is -0.722. The molecule has 17 heavy (non-hydrogen) atoms. The summed E-state index contributed by atoms with van der Waals surface area (Å²) in [5.41, 5.74) is 1.22. The zero-order valence-electron chi connectivity index (χ0n) is 9.90. The summed E-state index contributed by atoms with van der Waals surface area (Å²) in [5.74, 6) is 0.900. The number of halogens is 1. The first kappa shape index (κ1) is 10.9. The summed E-state index contributed by atoms with van der Waals surface area (Å²) in [6.07, 6.45) is 1.46. The molecule has 0 aliphatic carbocycles. The summed E-state index contributed by atoms with van der Waals surface area (Å²) in [4.78, 5) is 13.0. The second-order valence-electron chi connectivity index (χ2n) is 4.49. The van der Waals surface area contributed by atoms with E-state index in [0.717, 1.165) is 22.6 Å². The van der Waals surface area contributed by atoms with Crippen LogP contribution in [0.15, 0.2) is 6.33 Å². The maximum absolute atomic E-state index is 13.3.